The van der Waals surface area contributed by atoms with Gasteiger partial charge in [0.25, 0.3) is 0 Å². The molecular weight excluding hydrogens is 238 g/mol. The fourth-order valence-electron chi connectivity index (χ4n) is 1.87. The molecule has 2 heterocycles. The molecule has 2 aromatic rings. The summed E-state index contributed by atoms with van der Waals surface area (Å²) in [6, 6.07) is 5.82. The average molecular weight is 249 g/mol. The van der Waals surface area contributed by atoms with Gasteiger partial charge < -0.3 is 14.8 Å². The maximum absolute atomic E-state index is 11.4. The van der Waals surface area contributed by atoms with Crippen LogP contribution in [0.1, 0.15) is 9.67 Å². The summed E-state index contributed by atoms with van der Waals surface area (Å²) < 4.78 is 11.3. The van der Waals surface area contributed by atoms with Crippen molar-refractivity contribution in [3.8, 4) is 5.75 Å². The van der Waals surface area contributed by atoms with Gasteiger partial charge in [-0.1, -0.05) is 0 Å². The van der Waals surface area contributed by atoms with Crippen LogP contribution in [0.4, 0.5) is 5.69 Å². The third-order valence-corrected chi connectivity index (χ3v) is 3.76. The molecule has 1 aromatic carbocycles. The summed E-state index contributed by atoms with van der Waals surface area (Å²) >= 11 is 1.42. The highest BCUT2D eigenvalue weighted by Crippen LogP contribution is 2.36. The Hall–Kier alpha value is -1.75. The van der Waals surface area contributed by atoms with E-state index >= 15 is 0 Å². The van der Waals surface area contributed by atoms with Gasteiger partial charge in [0.1, 0.15) is 17.2 Å². The van der Waals surface area contributed by atoms with Crippen molar-refractivity contribution in [2.45, 2.75) is 0 Å². The topological polar surface area (TPSA) is 47.6 Å². The van der Waals surface area contributed by atoms with Crippen LogP contribution in [-0.4, -0.2) is 26.2 Å². The summed E-state index contributed by atoms with van der Waals surface area (Å²) in [4.78, 5) is 12.1. The minimum atomic E-state index is -0.293. The first kappa shape index (κ1) is 10.4. The number of thiophene rings is 1. The summed E-state index contributed by atoms with van der Waals surface area (Å²) in [7, 11) is 1.39. The number of fused-ring (bicyclic) bond motifs is 2. The molecular formula is C12H11NO3S. The summed E-state index contributed by atoms with van der Waals surface area (Å²) in [6.45, 7) is 1.49. The largest absolute Gasteiger partial charge is 0.490 e. The Morgan fingerprint density at radius 3 is 3.18 bits per heavy atom. The van der Waals surface area contributed by atoms with Gasteiger partial charge in [0.05, 0.1) is 12.8 Å². The highest BCUT2D eigenvalue weighted by Gasteiger charge is 2.15. The molecule has 88 valence electrons. The molecule has 0 bridgehead atoms. The van der Waals surface area contributed by atoms with Gasteiger partial charge in [0, 0.05) is 17.3 Å². The van der Waals surface area contributed by atoms with Crippen LogP contribution in [0.5, 0.6) is 5.75 Å². The molecule has 1 N–H and O–H groups in total. The van der Waals surface area contributed by atoms with E-state index in [0.717, 1.165) is 28.1 Å². The SMILES string of the molecule is COC(=O)c1cc2cc3c(cc2s1)OCCN3. The van der Waals surface area contributed by atoms with Crippen LogP contribution >= 0.6 is 11.3 Å². The number of anilines is 1. The molecule has 0 saturated heterocycles. The molecule has 0 fully saturated rings. The summed E-state index contributed by atoms with van der Waals surface area (Å²) in [5.41, 5.74) is 0.984. The third-order valence-electron chi connectivity index (χ3n) is 2.68. The van der Waals surface area contributed by atoms with Gasteiger partial charge in [-0.3, -0.25) is 0 Å². The Bertz CT molecular complexity index is 548. The fraction of sp³-hybridized carbons (Fsp3) is 0.250. The number of hydrogen-bond acceptors (Lipinski definition) is 5. The zero-order valence-corrected chi connectivity index (χ0v) is 10.1. The molecule has 5 heteroatoms. The standard InChI is InChI=1S/C12H11NO3S/c1-15-12(14)11-5-7-4-8-9(6-10(7)17-11)16-3-2-13-8/h4-6,13H,2-3H2,1H3. The fourth-order valence-corrected chi connectivity index (χ4v) is 2.86. The number of nitrogens with one attached hydrogen (secondary N) is 1. The van der Waals surface area contributed by atoms with Crippen molar-refractivity contribution in [3.63, 3.8) is 0 Å². The molecule has 0 amide bonds. The minimum Gasteiger partial charge on any atom is -0.490 e. The molecule has 0 atom stereocenters. The van der Waals surface area contributed by atoms with Gasteiger partial charge in [0.15, 0.2) is 0 Å². The monoisotopic (exact) mass is 249 g/mol. The van der Waals surface area contributed by atoms with Crippen molar-refractivity contribution in [2.75, 3.05) is 25.6 Å². The first-order valence-electron chi connectivity index (χ1n) is 5.30. The van der Waals surface area contributed by atoms with Crippen LogP contribution in [-0.2, 0) is 4.74 Å². The molecule has 0 aliphatic carbocycles. The first-order chi connectivity index (χ1) is 8.28. The Morgan fingerprint density at radius 1 is 1.47 bits per heavy atom. The number of esters is 1. The van der Waals surface area contributed by atoms with E-state index in [1.165, 1.54) is 18.4 Å². The maximum Gasteiger partial charge on any atom is 0.348 e. The van der Waals surface area contributed by atoms with Crippen LogP contribution in [0.2, 0.25) is 0 Å². The van der Waals surface area contributed by atoms with Gasteiger partial charge in [-0.2, -0.15) is 0 Å². The second kappa shape index (κ2) is 3.92. The Balaban J connectivity index is 2.12. The smallest absolute Gasteiger partial charge is 0.348 e. The number of ether oxygens (including phenoxy) is 2. The molecule has 1 aliphatic heterocycles. The number of carbonyl (C=O) groups excluding carboxylic acids is 1. The average Bonchev–Trinajstić information content (AvgIpc) is 2.77. The number of rotatable bonds is 1. The van der Waals surface area contributed by atoms with Gasteiger partial charge in [-0.25, -0.2) is 4.79 Å². The van der Waals surface area contributed by atoms with E-state index in [1.54, 1.807) is 0 Å². The maximum atomic E-state index is 11.4. The first-order valence-corrected chi connectivity index (χ1v) is 6.12. The molecule has 1 aromatic heterocycles. The second-order valence-electron chi connectivity index (χ2n) is 3.76. The zero-order valence-electron chi connectivity index (χ0n) is 9.28. The molecule has 1 aliphatic rings. The summed E-state index contributed by atoms with van der Waals surface area (Å²) in [5.74, 6) is 0.556. The quantitative estimate of drug-likeness (QED) is 0.789. The Kier molecular flexibility index (Phi) is 2.40. The van der Waals surface area contributed by atoms with E-state index in [2.05, 4.69) is 5.32 Å². The van der Waals surface area contributed by atoms with Crippen molar-refractivity contribution < 1.29 is 14.3 Å². The number of hydrogen-bond donors (Lipinski definition) is 1. The zero-order chi connectivity index (χ0) is 11.8. The second-order valence-corrected chi connectivity index (χ2v) is 4.85. The minimum absolute atomic E-state index is 0.293. The van der Waals surface area contributed by atoms with E-state index in [0.29, 0.717) is 11.5 Å². The Labute approximate surface area is 102 Å². The van der Waals surface area contributed by atoms with Crippen LogP contribution in [0.15, 0.2) is 18.2 Å². The lowest BCUT2D eigenvalue weighted by atomic mass is 10.2. The number of carbonyl (C=O) groups is 1. The number of benzene rings is 1. The lowest BCUT2D eigenvalue weighted by molar-refractivity contribution is 0.0606. The summed E-state index contributed by atoms with van der Waals surface area (Å²) in [6.07, 6.45) is 0. The van der Waals surface area contributed by atoms with Crippen molar-refractivity contribution in [1.82, 2.24) is 0 Å². The predicted octanol–water partition coefficient (Wildman–Crippen LogP) is 2.49. The molecule has 0 unspecified atom stereocenters. The van der Waals surface area contributed by atoms with Gasteiger partial charge >= 0.3 is 5.97 Å². The normalized spacial score (nSPS) is 13.7. The predicted molar refractivity (Wildman–Crippen MR) is 67.1 cm³/mol. The van der Waals surface area contributed by atoms with Crippen molar-refractivity contribution >= 4 is 33.1 Å². The van der Waals surface area contributed by atoms with E-state index in [-0.39, 0.29) is 5.97 Å². The van der Waals surface area contributed by atoms with Crippen LogP contribution in [0.3, 0.4) is 0 Å². The van der Waals surface area contributed by atoms with Crippen LogP contribution < -0.4 is 10.1 Å². The van der Waals surface area contributed by atoms with Gasteiger partial charge in [-0.15, -0.1) is 11.3 Å². The highest BCUT2D eigenvalue weighted by atomic mass is 32.1. The number of methoxy groups -OCH3 is 1. The molecule has 0 saturated carbocycles. The van der Waals surface area contributed by atoms with E-state index < -0.39 is 0 Å². The van der Waals surface area contributed by atoms with Crippen LogP contribution in [0.25, 0.3) is 10.1 Å². The highest BCUT2D eigenvalue weighted by molar-refractivity contribution is 7.20. The van der Waals surface area contributed by atoms with Gasteiger partial charge in [-0.05, 0) is 17.5 Å². The lowest BCUT2D eigenvalue weighted by Crippen LogP contribution is -2.17. The molecule has 0 spiro atoms. The van der Waals surface area contributed by atoms with E-state index in [4.69, 9.17) is 9.47 Å². The molecule has 4 nitrogen and oxygen atoms in total. The Morgan fingerprint density at radius 2 is 2.35 bits per heavy atom. The van der Waals surface area contributed by atoms with Crippen LogP contribution in [0, 0.1) is 0 Å². The van der Waals surface area contributed by atoms with Crippen molar-refractivity contribution in [2.24, 2.45) is 0 Å². The van der Waals surface area contributed by atoms with E-state index in [1.807, 2.05) is 18.2 Å². The summed E-state index contributed by atoms with van der Waals surface area (Å²) in [5, 5.41) is 4.31. The van der Waals surface area contributed by atoms with Crippen molar-refractivity contribution in [1.29, 1.82) is 0 Å². The molecule has 3 rings (SSSR count). The van der Waals surface area contributed by atoms with Gasteiger partial charge in [0.2, 0.25) is 0 Å². The lowest BCUT2D eigenvalue weighted by Gasteiger charge is -2.18. The van der Waals surface area contributed by atoms with E-state index in [9.17, 15) is 4.79 Å². The molecule has 0 radical (unpaired) electrons. The third kappa shape index (κ3) is 1.72. The van der Waals surface area contributed by atoms with Crippen molar-refractivity contribution in [3.05, 3.63) is 23.1 Å². The molecule has 17 heavy (non-hydrogen) atoms.